The lowest BCUT2D eigenvalue weighted by Gasteiger charge is -2.15. The lowest BCUT2D eigenvalue weighted by Crippen LogP contribution is -2.22. The summed E-state index contributed by atoms with van der Waals surface area (Å²) in [5.41, 5.74) is 5.53. The maximum atomic E-state index is 13.1. The van der Waals surface area contributed by atoms with Crippen LogP contribution < -0.4 is 5.32 Å². The van der Waals surface area contributed by atoms with Crippen molar-refractivity contribution < 1.29 is 14.7 Å². The topological polar surface area (TPSA) is 82.0 Å². The lowest BCUT2D eigenvalue weighted by molar-refractivity contribution is -0.136. The van der Waals surface area contributed by atoms with Crippen LogP contribution in [0.3, 0.4) is 0 Å². The monoisotopic (exact) mass is 489 g/mol. The summed E-state index contributed by atoms with van der Waals surface area (Å²) in [5, 5.41) is 12.6. The molecular formula is C28H28ClN3O3. The molecule has 0 bridgehead atoms. The third-order valence-electron chi connectivity index (χ3n) is 5.98. The van der Waals surface area contributed by atoms with Crippen molar-refractivity contribution >= 4 is 40.6 Å². The SMILES string of the molecule is CN(C)CCCc1ccc(N=C(c2ccc(CC(=O)O)cc2)C2C(=O)Nc3cc(Cl)ccc32)cc1. The van der Waals surface area contributed by atoms with Gasteiger partial charge in [0.15, 0.2) is 0 Å². The first-order valence-corrected chi connectivity index (χ1v) is 11.9. The van der Waals surface area contributed by atoms with Crippen molar-refractivity contribution in [3.63, 3.8) is 0 Å². The molecule has 0 fully saturated rings. The van der Waals surface area contributed by atoms with E-state index in [-0.39, 0.29) is 12.3 Å². The fourth-order valence-electron chi connectivity index (χ4n) is 4.25. The van der Waals surface area contributed by atoms with Crippen LogP contribution in [0.2, 0.25) is 5.02 Å². The van der Waals surface area contributed by atoms with Crippen molar-refractivity contribution in [2.45, 2.75) is 25.2 Å². The van der Waals surface area contributed by atoms with E-state index in [1.807, 2.05) is 30.3 Å². The molecule has 1 aliphatic rings. The molecule has 1 amide bonds. The number of nitrogens with one attached hydrogen (secondary N) is 1. The van der Waals surface area contributed by atoms with Gasteiger partial charge in [-0.15, -0.1) is 0 Å². The van der Waals surface area contributed by atoms with Gasteiger partial charge < -0.3 is 15.3 Å². The Labute approximate surface area is 210 Å². The quantitative estimate of drug-likeness (QED) is 0.399. The summed E-state index contributed by atoms with van der Waals surface area (Å²) in [5.74, 6) is -1.67. The first-order chi connectivity index (χ1) is 16.8. The number of fused-ring (bicyclic) bond motifs is 1. The number of aryl methyl sites for hydroxylation is 1. The van der Waals surface area contributed by atoms with E-state index < -0.39 is 11.9 Å². The van der Waals surface area contributed by atoms with Crippen molar-refractivity contribution in [2.75, 3.05) is 26.0 Å². The van der Waals surface area contributed by atoms with Gasteiger partial charge >= 0.3 is 5.97 Å². The van der Waals surface area contributed by atoms with Crippen LogP contribution in [0, 0.1) is 0 Å². The van der Waals surface area contributed by atoms with Crippen LogP contribution in [0.15, 0.2) is 71.7 Å². The highest BCUT2D eigenvalue weighted by Crippen LogP contribution is 2.37. The third-order valence-corrected chi connectivity index (χ3v) is 6.22. The Balaban J connectivity index is 1.69. The summed E-state index contributed by atoms with van der Waals surface area (Å²) >= 11 is 6.14. The number of anilines is 1. The molecule has 1 unspecified atom stereocenters. The molecule has 0 radical (unpaired) electrons. The van der Waals surface area contributed by atoms with E-state index in [0.29, 0.717) is 22.0 Å². The molecule has 3 aromatic rings. The van der Waals surface area contributed by atoms with E-state index >= 15 is 0 Å². The molecule has 180 valence electrons. The van der Waals surface area contributed by atoms with Crippen LogP contribution in [-0.2, 0) is 22.4 Å². The molecular weight excluding hydrogens is 462 g/mol. The van der Waals surface area contributed by atoms with E-state index in [4.69, 9.17) is 21.7 Å². The fraction of sp³-hybridized carbons (Fsp3) is 0.250. The van der Waals surface area contributed by atoms with Crippen LogP contribution in [-0.4, -0.2) is 48.2 Å². The van der Waals surface area contributed by atoms with Gasteiger partial charge in [-0.25, -0.2) is 0 Å². The number of aliphatic imine (C=N–C) groups is 1. The molecule has 0 aromatic heterocycles. The summed E-state index contributed by atoms with van der Waals surface area (Å²) in [7, 11) is 4.14. The summed E-state index contributed by atoms with van der Waals surface area (Å²) in [6, 6.07) is 20.6. The van der Waals surface area contributed by atoms with Gasteiger partial charge in [-0.05, 0) is 80.0 Å². The number of carboxylic acids is 1. The second-order valence-corrected chi connectivity index (χ2v) is 9.43. The zero-order valence-corrected chi connectivity index (χ0v) is 20.5. The van der Waals surface area contributed by atoms with Crippen molar-refractivity contribution in [2.24, 2.45) is 4.99 Å². The summed E-state index contributed by atoms with van der Waals surface area (Å²) in [6.45, 7) is 1.03. The standard InChI is InChI=1S/C28H28ClN3O3/c1-32(2)15-3-4-18-7-12-22(13-8-18)30-27(20-9-5-19(6-10-20)16-25(33)34)26-23-14-11-21(29)17-24(23)31-28(26)35/h5-14,17,26H,3-4,15-16H2,1-2H3,(H,31,35)(H,33,34). The molecule has 1 atom stereocenters. The molecule has 6 nitrogen and oxygen atoms in total. The predicted molar refractivity (Wildman–Crippen MR) is 140 cm³/mol. The Morgan fingerprint density at radius 1 is 1.03 bits per heavy atom. The third kappa shape index (κ3) is 6.15. The van der Waals surface area contributed by atoms with Gasteiger partial charge in [-0.3, -0.25) is 14.6 Å². The van der Waals surface area contributed by atoms with Crippen LogP contribution in [0.4, 0.5) is 11.4 Å². The Morgan fingerprint density at radius 2 is 1.71 bits per heavy atom. The van der Waals surface area contributed by atoms with Crippen molar-refractivity contribution in [3.05, 3.63) is 94.0 Å². The Bertz CT molecular complexity index is 1250. The molecule has 0 saturated carbocycles. The van der Waals surface area contributed by atoms with E-state index in [2.05, 4.69) is 36.4 Å². The van der Waals surface area contributed by atoms with Crippen LogP contribution in [0.25, 0.3) is 0 Å². The molecule has 4 rings (SSSR count). The average molecular weight is 490 g/mol. The van der Waals surface area contributed by atoms with Crippen molar-refractivity contribution in [3.8, 4) is 0 Å². The van der Waals surface area contributed by atoms with Gasteiger partial charge in [-0.2, -0.15) is 0 Å². The molecule has 0 spiro atoms. The average Bonchev–Trinajstić information content (AvgIpc) is 3.13. The maximum absolute atomic E-state index is 13.1. The van der Waals surface area contributed by atoms with Gasteiger partial charge in [-0.1, -0.05) is 54.1 Å². The van der Waals surface area contributed by atoms with Gasteiger partial charge in [0.1, 0.15) is 5.92 Å². The van der Waals surface area contributed by atoms with Crippen molar-refractivity contribution in [1.82, 2.24) is 4.90 Å². The number of aliphatic carboxylic acids is 1. The molecule has 1 heterocycles. The highest BCUT2D eigenvalue weighted by atomic mass is 35.5. The number of halogens is 1. The van der Waals surface area contributed by atoms with Gasteiger partial charge in [0.05, 0.1) is 17.8 Å². The number of hydrogen-bond acceptors (Lipinski definition) is 4. The van der Waals surface area contributed by atoms with Crippen molar-refractivity contribution in [1.29, 1.82) is 0 Å². The van der Waals surface area contributed by atoms with Gasteiger partial charge in [0.2, 0.25) is 5.91 Å². The van der Waals surface area contributed by atoms with Crippen LogP contribution >= 0.6 is 11.6 Å². The first-order valence-electron chi connectivity index (χ1n) is 11.5. The van der Waals surface area contributed by atoms with Crippen LogP contribution in [0.1, 0.15) is 34.6 Å². The summed E-state index contributed by atoms with van der Waals surface area (Å²) < 4.78 is 0. The molecule has 0 aliphatic carbocycles. The minimum atomic E-state index is -0.890. The normalized spacial score (nSPS) is 15.3. The number of hydrogen-bond donors (Lipinski definition) is 2. The minimum Gasteiger partial charge on any atom is -0.481 e. The highest BCUT2D eigenvalue weighted by molar-refractivity contribution is 6.31. The maximum Gasteiger partial charge on any atom is 0.307 e. The number of carboxylic acid groups (broad SMARTS) is 1. The number of rotatable bonds is 9. The predicted octanol–water partition coefficient (Wildman–Crippen LogP) is 5.32. The second-order valence-electron chi connectivity index (χ2n) is 8.99. The van der Waals surface area contributed by atoms with E-state index in [1.165, 1.54) is 5.56 Å². The highest BCUT2D eigenvalue weighted by Gasteiger charge is 2.35. The molecule has 0 saturated heterocycles. The van der Waals surface area contributed by atoms with Gasteiger partial charge in [0.25, 0.3) is 0 Å². The zero-order chi connectivity index (χ0) is 24.9. The summed E-state index contributed by atoms with van der Waals surface area (Å²) in [4.78, 5) is 31.2. The molecule has 2 N–H and O–H groups in total. The minimum absolute atomic E-state index is 0.0622. The van der Waals surface area contributed by atoms with E-state index in [0.717, 1.165) is 36.2 Å². The molecule has 7 heteroatoms. The number of amides is 1. The number of nitrogens with zero attached hydrogens (tertiary/aromatic N) is 2. The molecule has 3 aromatic carbocycles. The Morgan fingerprint density at radius 3 is 2.37 bits per heavy atom. The Hall–Kier alpha value is -3.48. The first kappa shape index (κ1) is 24.6. The van der Waals surface area contributed by atoms with E-state index in [9.17, 15) is 9.59 Å². The lowest BCUT2D eigenvalue weighted by atomic mass is 9.90. The smallest absolute Gasteiger partial charge is 0.307 e. The Kier molecular flexibility index (Phi) is 7.63. The van der Waals surface area contributed by atoms with Crippen LogP contribution in [0.5, 0.6) is 0 Å². The molecule has 1 aliphatic heterocycles. The number of carbonyl (C=O) groups excluding carboxylic acids is 1. The molecule has 35 heavy (non-hydrogen) atoms. The number of benzene rings is 3. The largest absolute Gasteiger partial charge is 0.481 e. The fourth-order valence-corrected chi connectivity index (χ4v) is 4.42. The summed E-state index contributed by atoms with van der Waals surface area (Å²) in [6.07, 6.45) is 2.00. The van der Waals surface area contributed by atoms with Gasteiger partial charge in [0, 0.05) is 10.7 Å². The van der Waals surface area contributed by atoms with E-state index in [1.54, 1.807) is 24.3 Å². The zero-order valence-electron chi connectivity index (χ0n) is 19.8. The number of carbonyl (C=O) groups is 2. The second kappa shape index (κ2) is 10.8.